The molecule has 0 bridgehead atoms. The van der Waals surface area contributed by atoms with Crippen LogP contribution < -0.4 is 11.0 Å². The van der Waals surface area contributed by atoms with Crippen molar-refractivity contribution in [1.82, 2.24) is 19.7 Å². The molecule has 1 aliphatic rings. The van der Waals surface area contributed by atoms with Crippen LogP contribution in [0, 0.1) is 0 Å². The monoisotopic (exact) mass is 252 g/mol. The Hall–Kier alpha value is -1.10. The summed E-state index contributed by atoms with van der Waals surface area (Å²) in [6.07, 6.45) is 5.33. The van der Waals surface area contributed by atoms with Crippen molar-refractivity contribution in [2.24, 2.45) is 0 Å². The zero-order valence-corrected chi connectivity index (χ0v) is 11.5. The zero-order chi connectivity index (χ0) is 13.0. The normalized spacial score (nSPS) is 15.1. The Kier molecular flexibility index (Phi) is 4.58. The smallest absolute Gasteiger partial charge is 0.315 e. The Morgan fingerprint density at radius 2 is 2.17 bits per heavy atom. The quantitative estimate of drug-likeness (QED) is 0.773. The molecule has 1 aromatic heterocycles. The molecule has 1 aromatic rings. The van der Waals surface area contributed by atoms with E-state index in [2.05, 4.69) is 24.3 Å². The summed E-state index contributed by atoms with van der Waals surface area (Å²) in [7, 11) is 0. The van der Waals surface area contributed by atoms with E-state index in [4.69, 9.17) is 0 Å². The first-order valence-corrected chi connectivity index (χ1v) is 7.08. The fraction of sp³-hybridized carbons (Fsp3) is 0.846. The molecular formula is C13H24N4O. The number of rotatable bonds is 6. The fourth-order valence-electron chi connectivity index (χ4n) is 2.37. The van der Waals surface area contributed by atoms with Gasteiger partial charge in [-0.1, -0.05) is 13.8 Å². The van der Waals surface area contributed by atoms with E-state index in [0.29, 0.717) is 6.04 Å². The van der Waals surface area contributed by atoms with Gasteiger partial charge in [0.1, 0.15) is 5.82 Å². The Balaban J connectivity index is 1.83. The molecule has 0 radical (unpaired) electrons. The number of hydrogen-bond donors (Lipinski definition) is 1. The molecule has 2 rings (SSSR count). The summed E-state index contributed by atoms with van der Waals surface area (Å²) in [6.45, 7) is 6.91. The largest absolute Gasteiger partial charge is 0.345 e. The summed E-state index contributed by atoms with van der Waals surface area (Å²) in [5, 5.41) is 7.81. The number of unbranched alkanes of at least 4 members (excludes halogenated alkanes) is 1. The highest BCUT2D eigenvalue weighted by molar-refractivity contribution is 4.91. The highest BCUT2D eigenvalue weighted by Crippen LogP contribution is 2.09. The lowest BCUT2D eigenvalue weighted by molar-refractivity contribution is 0.496. The van der Waals surface area contributed by atoms with Crippen LogP contribution in [0.25, 0.3) is 0 Å². The third-order valence-corrected chi connectivity index (χ3v) is 3.38. The average molecular weight is 252 g/mol. The van der Waals surface area contributed by atoms with Crippen LogP contribution in [0.2, 0.25) is 0 Å². The van der Waals surface area contributed by atoms with Gasteiger partial charge in [-0.05, 0) is 32.2 Å². The van der Waals surface area contributed by atoms with Gasteiger partial charge in [0.05, 0.1) is 0 Å². The molecule has 0 aromatic carbocycles. The summed E-state index contributed by atoms with van der Waals surface area (Å²) in [5.74, 6) is 0.978. The van der Waals surface area contributed by atoms with Crippen LogP contribution in [-0.2, 0) is 19.5 Å². The van der Waals surface area contributed by atoms with Crippen LogP contribution in [0.3, 0.4) is 0 Å². The van der Waals surface area contributed by atoms with Gasteiger partial charge in [0.25, 0.3) is 0 Å². The minimum Gasteiger partial charge on any atom is -0.315 e. The first-order valence-electron chi connectivity index (χ1n) is 7.08. The molecule has 2 heterocycles. The van der Waals surface area contributed by atoms with Crippen molar-refractivity contribution in [2.75, 3.05) is 6.54 Å². The molecule has 1 aliphatic heterocycles. The van der Waals surface area contributed by atoms with Gasteiger partial charge in [0.2, 0.25) is 0 Å². The lowest BCUT2D eigenvalue weighted by Gasteiger charge is -2.09. The maximum absolute atomic E-state index is 12.0. The van der Waals surface area contributed by atoms with Gasteiger partial charge in [-0.25, -0.2) is 9.48 Å². The summed E-state index contributed by atoms with van der Waals surface area (Å²) < 4.78 is 3.49. The number of aryl methyl sites for hydroxylation is 2. The van der Waals surface area contributed by atoms with Crippen molar-refractivity contribution >= 4 is 0 Å². The standard InChI is InChI=1S/C13H24N4O/c1-11(2)14-8-4-6-10-17-13(18)16-9-5-3-7-12(16)15-17/h11,14H,3-10H2,1-2H3. The van der Waals surface area contributed by atoms with Gasteiger partial charge in [0.15, 0.2) is 0 Å². The minimum absolute atomic E-state index is 0.0847. The van der Waals surface area contributed by atoms with E-state index in [0.717, 1.165) is 57.6 Å². The third-order valence-electron chi connectivity index (χ3n) is 3.38. The van der Waals surface area contributed by atoms with Crippen molar-refractivity contribution in [3.05, 3.63) is 16.3 Å². The van der Waals surface area contributed by atoms with Crippen LogP contribution >= 0.6 is 0 Å². The zero-order valence-electron chi connectivity index (χ0n) is 11.5. The van der Waals surface area contributed by atoms with E-state index in [1.165, 1.54) is 0 Å². The predicted octanol–water partition coefficient (Wildman–Crippen LogP) is 1.16. The first-order chi connectivity index (χ1) is 8.68. The van der Waals surface area contributed by atoms with Crippen molar-refractivity contribution in [1.29, 1.82) is 0 Å². The van der Waals surface area contributed by atoms with Crippen LogP contribution in [0.1, 0.15) is 45.4 Å². The molecule has 0 saturated heterocycles. The average Bonchev–Trinajstić information content (AvgIpc) is 2.66. The van der Waals surface area contributed by atoms with E-state index in [1.807, 2.05) is 4.57 Å². The second-order valence-electron chi connectivity index (χ2n) is 5.35. The van der Waals surface area contributed by atoms with E-state index >= 15 is 0 Å². The van der Waals surface area contributed by atoms with E-state index < -0.39 is 0 Å². The molecule has 0 spiro atoms. The molecule has 102 valence electrons. The highest BCUT2D eigenvalue weighted by Gasteiger charge is 2.15. The molecule has 1 N–H and O–H groups in total. The lowest BCUT2D eigenvalue weighted by Crippen LogP contribution is -2.27. The minimum atomic E-state index is 0.0847. The van der Waals surface area contributed by atoms with E-state index in [1.54, 1.807) is 4.68 Å². The Morgan fingerprint density at radius 3 is 2.89 bits per heavy atom. The van der Waals surface area contributed by atoms with Gasteiger partial charge >= 0.3 is 5.69 Å². The highest BCUT2D eigenvalue weighted by atomic mass is 16.2. The molecular weight excluding hydrogens is 228 g/mol. The van der Waals surface area contributed by atoms with Gasteiger partial charge < -0.3 is 5.32 Å². The molecule has 5 nitrogen and oxygen atoms in total. The molecule has 0 saturated carbocycles. The van der Waals surface area contributed by atoms with Crippen molar-refractivity contribution < 1.29 is 0 Å². The Bertz CT molecular complexity index is 433. The summed E-state index contributed by atoms with van der Waals surface area (Å²) >= 11 is 0. The van der Waals surface area contributed by atoms with Crippen molar-refractivity contribution in [2.45, 2.75) is 65.1 Å². The number of nitrogens with one attached hydrogen (secondary N) is 1. The van der Waals surface area contributed by atoms with Crippen LogP contribution in [-0.4, -0.2) is 26.9 Å². The van der Waals surface area contributed by atoms with Gasteiger partial charge in [0, 0.05) is 25.6 Å². The summed E-state index contributed by atoms with van der Waals surface area (Å²) in [5.41, 5.74) is 0.0847. The predicted molar refractivity (Wildman–Crippen MR) is 71.8 cm³/mol. The van der Waals surface area contributed by atoms with Gasteiger partial charge in [-0.15, -0.1) is 0 Å². The van der Waals surface area contributed by atoms with Crippen LogP contribution in [0.15, 0.2) is 4.79 Å². The molecule has 0 aliphatic carbocycles. The molecule has 5 heteroatoms. The van der Waals surface area contributed by atoms with Gasteiger partial charge in [-0.2, -0.15) is 5.10 Å². The van der Waals surface area contributed by atoms with Crippen molar-refractivity contribution in [3.8, 4) is 0 Å². The molecule has 18 heavy (non-hydrogen) atoms. The van der Waals surface area contributed by atoms with Crippen molar-refractivity contribution in [3.63, 3.8) is 0 Å². The van der Waals surface area contributed by atoms with E-state index in [-0.39, 0.29) is 5.69 Å². The maximum atomic E-state index is 12.0. The first kappa shape index (κ1) is 13.3. The second-order valence-corrected chi connectivity index (χ2v) is 5.35. The lowest BCUT2D eigenvalue weighted by atomic mass is 10.2. The second kappa shape index (κ2) is 6.18. The molecule has 0 fully saturated rings. The number of nitrogens with zero attached hydrogens (tertiary/aromatic N) is 3. The number of fused-ring (bicyclic) bond motifs is 1. The van der Waals surface area contributed by atoms with Gasteiger partial charge in [-0.3, -0.25) is 4.57 Å². The summed E-state index contributed by atoms with van der Waals surface area (Å²) in [6, 6.07) is 0.535. The van der Waals surface area contributed by atoms with Crippen LogP contribution in [0.5, 0.6) is 0 Å². The fourth-order valence-corrected chi connectivity index (χ4v) is 2.37. The Labute approximate surface area is 108 Å². The molecule has 0 atom stereocenters. The molecule has 0 unspecified atom stereocenters. The Morgan fingerprint density at radius 1 is 1.33 bits per heavy atom. The van der Waals surface area contributed by atoms with E-state index in [9.17, 15) is 4.79 Å². The SMILES string of the molecule is CC(C)NCCCCn1nc2n(c1=O)CCCC2. The van der Waals surface area contributed by atoms with Crippen LogP contribution in [0.4, 0.5) is 0 Å². The topological polar surface area (TPSA) is 51.9 Å². The summed E-state index contributed by atoms with van der Waals surface area (Å²) in [4.78, 5) is 12.0. The number of aromatic nitrogens is 3. The third kappa shape index (κ3) is 3.22. The number of hydrogen-bond acceptors (Lipinski definition) is 3. The molecule has 0 amide bonds. The maximum Gasteiger partial charge on any atom is 0.345 e.